The van der Waals surface area contributed by atoms with E-state index in [0.717, 1.165) is 26.6 Å². The molecule has 0 aromatic heterocycles. The molecule has 3 rings (SSSR count). The maximum Gasteiger partial charge on any atom is 0.277 e. The number of rotatable bonds is 7. The van der Waals surface area contributed by atoms with Gasteiger partial charge in [-0.25, -0.2) is 5.43 Å². The molecular formula is C21H19BrN2O3. The highest BCUT2D eigenvalue weighted by molar-refractivity contribution is 9.10. The molecule has 0 heterocycles. The van der Waals surface area contributed by atoms with E-state index < -0.39 is 0 Å². The molecule has 0 unspecified atom stereocenters. The Kier molecular flexibility index (Phi) is 6.44. The van der Waals surface area contributed by atoms with Crippen molar-refractivity contribution in [3.63, 3.8) is 0 Å². The molecule has 3 aromatic rings. The number of hydrogen-bond donors (Lipinski definition) is 1. The van der Waals surface area contributed by atoms with Gasteiger partial charge in [-0.15, -0.1) is 0 Å². The predicted octanol–water partition coefficient (Wildman–Crippen LogP) is 4.53. The number of nitrogens with zero attached hydrogens (tertiary/aromatic N) is 1. The second kappa shape index (κ2) is 9.19. The summed E-state index contributed by atoms with van der Waals surface area (Å²) < 4.78 is 12.0. The number of carbonyl (C=O) groups excluding carboxylic acids is 1. The molecule has 1 N–H and O–H groups in total. The van der Waals surface area contributed by atoms with E-state index in [1.165, 1.54) is 0 Å². The molecule has 0 spiro atoms. The summed E-state index contributed by atoms with van der Waals surface area (Å²) in [6.45, 7) is 2.44. The number of hydrazone groups is 1. The Balaban J connectivity index is 1.55. The third-order valence-electron chi connectivity index (χ3n) is 3.78. The van der Waals surface area contributed by atoms with E-state index in [9.17, 15) is 4.79 Å². The zero-order valence-corrected chi connectivity index (χ0v) is 16.4. The van der Waals surface area contributed by atoms with Crippen molar-refractivity contribution in [3.05, 3.63) is 70.7 Å². The summed E-state index contributed by atoms with van der Waals surface area (Å²) in [6, 6.07) is 19.0. The van der Waals surface area contributed by atoms with Crippen molar-refractivity contribution >= 4 is 38.8 Å². The zero-order chi connectivity index (χ0) is 19.1. The standard InChI is InChI=1S/C21H19BrN2O3/c1-2-26-16-9-7-15(8-10-16)13-23-24-21(25)14-27-20-12-11-19(22)17-5-3-4-6-18(17)20/h3-13H,2,14H2,1H3,(H,24,25)/b23-13-. The van der Waals surface area contributed by atoms with E-state index in [0.29, 0.717) is 12.4 Å². The molecule has 0 aliphatic rings. The second-order valence-corrected chi connectivity index (χ2v) is 6.53. The lowest BCUT2D eigenvalue weighted by atomic mass is 10.1. The minimum atomic E-state index is -0.329. The topological polar surface area (TPSA) is 59.9 Å². The van der Waals surface area contributed by atoms with Crippen LogP contribution in [-0.2, 0) is 4.79 Å². The summed E-state index contributed by atoms with van der Waals surface area (Å²) in [5.41, 5.74) is 3.33. The summed E-state index contributed by atoms with van der Waals surface area (Å²) >= 11 is 3.52. The van der Waals surface area contributed by atoms with Crippen LogP contribution in [0, 0.1) is 0 Å². The van der Waals surface area contributed by atoms with Gasteiger partial charge in [0.2, 0.25) is 0 Å². The predicted molar refractivity (Wildman–Crippen MR) is 110 cm³/mol. The molecule has 27 heavy (non-hydrogen) atoms. The first-order chi connectivity index (χ1) is 13.2. The summed E-state index contributed by atoms with van der Waals surface area (Å²) in [5.74, 6) is 1.12. The van der Waals surface area contributed by atoms with Crippen LogP contribution in [0.5, 0.6) is 11.5 Å². The quantitative estimate of drug-likeness (QED) is 0.445. The van der Waals surface area contributed by atoms with E-state index in [1.54, 1.807) is 6.21 Å². The van der Waals surface area contributed by atoms with E-state index in [1.807, 2.05) is 67.6 Å². The SMILES string of the molecule is CCOc1ccc(/C=N\NC(=O)COc2ccc(Br)c3ccccc23)cc1. The van der Waals surface area contributed by atoms with Crippen LogP contribution < -0.4 is 14.9 Å². The molecule has 138 valence electrons. The number of ether oxygens (including phenoxy) is 2. The molecule has 0 saturated carbocycles. The molecular weight excluding hydrogens is 408 g/mol. The molecule has 1 amide bonds. The Labute approximate surface area is 166 Å². The first-order valence-corrected chi connectivity index (χ1v) is 9.31. The van der Waals surface area contributed by atoms with Crippen LogP contribution in [-0.4, -0.2) is 25.3 Å². The summed E-state index contributed by atoms with van der Waals surface area (Å²) in [4.78, 5) is 12.0. The Hall–Kier alpha value is -2.86. The van der Waals surface area contributed by atoms with Gasteiger partial charge in [0.25, 0.3) is 5.91 Å². The van der Waals surface area contributed by atoms with Gasteiger partial charge in [0.05, 0.1) is 12.8 Å². The van der Waals surface area contributed by atoms with E-state index >= 15 is 0 Å². The lowest BCUT2D eigenvalue weighted by molar-refractivity contribution is -0.123. The van der Waals surface area contributed by atoms with Crippen LogP contribution in [0.1, 0.15) is 12.5 Å². The fourth-order valence-corrected chi connectivity index (χ4v) is 3.01. The molecule has 0 atom stereocenters. The Morgan fingerprint density at radius 2 is 1.78 bits per heavy atom. The van der Waals surface area contributed by atoms with E-state index in [-0.39, 0.29) is 12.5 Å². The molecule has 5 nitrogen and oxygen atoms in total. The van der Waals surface area contributed by atoms with Gasteiger partial charge >= 0.3 is 0 Å². The van der Waals surface area contributed by atoms with Crippen molar-refractivity contribution in [2.75, 3.05) is 13.2 Å². The smallest absolute Gasteiger partial charge is 0.277 e. The van der Waals surface area contributed by atoms with Crippen molar-refractivity contribution in [2.45, 2.75) is 6.92 Å². The number of halogens is 1. The summed E-state index contributed by atoms with van der Waals surface area (Å²) in [5, 5.41) is 5.93. The van der Waals surface area contributed by atoms with Crippen molar-refractivity contribution in [1.29, 1.82) is 0 Å². The van der Waals surface area contributed by atoms with Crippen LogP contribution >= 0.6 is 15.9 Å². The lowest BCUT2D eigenvalue weighted by Crippen LogP contribution is -2.24. The zero-order valence-electron chi connectivity index (χ0n) is 14.8. The highest BCUT2D eigenvalue weighted by Crippen LogP contribution is 2.31. The number of benzene rings is 3. The van der Waals surface area contributed by atoms with Gasteiger partial charge in [0.15, 0.2) is 6.61 Å². The lowest BCUT2D eigenvalue weighted by Gasteiger charge is -2.09. The van der Waals surface area contributed by atoms with Crippen molar-refractivity contribution in [2.24, 2.45) is 5.10 Å². The molecule has 0 saturated heterocycles. The molecule has 0 aliphatic heterocycles. The fraction of sp³-hybridized carbons (Fsp3) is 0.143. The normalized spacial score (nSPS) is 10.9. The molecule has 3 aromatic carbocycles. The van der Waals surface area contributed by atoms with Crippen molar-refractivity contribution in [1.82, 2.24) is 5.43 Å². The largest absolute Gasteiger partial charge is 0.494 e. The number of amides is 1. The van der Waals surface area contributed by atoms with Gasteiger partial charge in [-0.2, -0.15) is 5.10 Å². The first kappa shape index (κ1) is 18.9. The van der Waals surface area contributed by atoms with Gasteiger partial charge in [0, 0.05) is 9.86 Å². The van der Waals surface area contributed by atoms with E-state index in [2.05, 4.69) is 26.5 Å². The minimum Gasteiger partial charge on any atom is -0.494 e. The average molecular weight is 427 g/mol. The van der Waals surface area contributed by atoms with Crippen LogP contribution in [0.25, 0.3) is 10.8 Å². The maximum atomic E-state index is 12.0. The van der Waals surface area contributed by atoms with E-state index in [4.69, 9.17) is 9.47 Å². The molecule has 0 aliphatic carbocycles. The molecule has 6 heteroatoms. The van der Waals surface area contributed by atoms with Crippen LogP contribution in [0.3, 0.4) is 0 Å². The van der Waals surface area contributed by atoms with Gasteiger partial charge in [0.1, 0.15) is 11.5 Å². The average Bonchev–Trinajstić information content (AvgIpc) is 2.69. The number of hydrogen-bond acceptors (Lipinski definition) is 4. The highest BCUT2D eigenvalue weighted by Gasteiger charge is 2.07. The maximum absolute atomic E-state index is 12.0. The molecule has 0 fully saturated rings. The Bertz CT molecular complexity index is 955. The fourth-order valence-electron chi connectivity index (χ4n) is 2.53. The summed E-state index contributed by atoms with van der Waals surface area (Å²) in [6.07, 6.45) is 1.57. The number of nitrogens with one attached hydrogen (secondary N) is 1. The monoisotopic (exact) mass is 426 g/mol. The third kappa shape index (κ3) is 5.08. The van der Waals surface area contributed by atoms with Crippen LogP contribution in [0.15, 0.2) is 70.2 Å². The van der Waals surface area contributed by atoms with Crippen molar-refractivity contribution < 1.29 is 14.3 Å². The molecule has 0 radical (unpaired) electrons. The summed E-state index contributed by atoms with van der Waals surface area (Å²) in [7, 11) is 0. The van der Waals surface area contributed by atoms with Crippen LogP contribution in [0.4, 0.5) is 0 Å². The van der Waals surface area contributed by atoms with Gasteiger partial charge in [-0.1, -0.05) is 40.2 Å². The minimum absolute atomic E-state index is 0.119. The Morgan fingerprint density at radius 3 is 2.52 bits per heavy atom. The number of fused-ring (bicyclic) bond motifs is 1. The van der Waals surface area contributed by atoms with Gasteiger partial charge in [-0.3, -0.25) is 4.79 Å². The van der Waals surface area contributed by atoms with Gasteiger partial charge < -0.3 is 9.47 Å². The number of carbonyl (C=O) groups is 1. The highest BCUT2D eigenvalue weighted by atomic mass is 79.9. The first-order valence-electron chi connectivity index (χ1n) is 8.52. The van der Waals surface area contributed by atoms with Crippen LogP contribution in [0.2, 0.25) is 0 Å². The van der Waals surface area contributed by atoms with Gasteiger partial charge in [-0.05, 0) is 54.3 Å². The second-order valence-electron chi connectivity index (χ2n) is 5.68. The Morgan fingerprint density at radius 1 is 1.04 bits per heavy atom. The molecule has 0 bridgehead atoms. The van der Waals surface area contributed by atoms with Crippen molar-refractivity contribution in [3.8, 4) is 11.5 Å². The third-order valence-corrected chi connectivity index (χ3v) is 4.48.